The molecule has 1 heterocycles. The molecule has 1 amide bonds. The van der Waals surface area contributed by atoms with E-state index in [2.05, 4.69) is 9.97 Å². The molecule has 1 aromatic carbocycles. The van der Waals surface area contributed by atoms with Gasteiger partial charge in [0.1, 0.15) is 0 Å². The van der Waals surface area contributed by atoms with Crippen molar-refractivity contribution in [3.8, 4) is 6.07 Å². The van der Waals surface area contributed by atoms with Crippen LogP contribution in [0.15, 0.2) is 24.5 Å². The van der Waals surface area contributed by atoms with Crippen molar-refractivity contribution in [2.45, 2.75) is 6.42 Å². The number of nitrogens with zero attached hydrogens (tertiary/aromatic N) is 3. The molecule has 2 aromatic rings. The Morgan fingerprint density at radius 2 is 2.41 bits per heavy atom. The molecular formula is C12H12N4O. The predicted molar refractivity (Wildman–Crippen MR) is 63.3 cm³/mol. The first kappa shape index (κ1) is 11.1. The van der Waals surface area contributed by atoms with E-state index >= 15 is 0 Å². The summed E-state index contributed by atoms with van der Waals surface area (Å²) >= 11 is 0. The Labute approximate surface area is 98.7 Å². The summed E-state index contributed by atoms with van der Waals surface area (Å²) in [4.78, 5) is 20.6. The van der Waals surface area contributed by atoms with Crippen molar-refractivity contribution in [1.82, 2.24) is 14.9 Å². The smallest absolute Gasteiger partial charge is 0.253 e. The lowest BCUT2D eigenvalue weighted by atomic mass is 10.2. The number of imidazole rings is 1. The molecule has 0 aliphatic carbocycles. The van der Waals surface area contributed by atoms with Crippen LogP contribution in [0, 0.1) is 11.3 Å². The number of benzene rings is 1. The van der Waals surface area contributed by atoms with E-state index in [0.29, 0.717) is 18.5 Å². The van der Waals surface area contributed by atoms with Gasteiger partial charge in [-0.25, -0.2) is 4.98 Å². The summed E-state index contributed by atoms with van der Waals surface area (Å²) in [6.07, 6.45) is 1.94. The average molecular weight is 228 g/mol. The molecule has 0 saturated carbocycles. The van der Waals surface area contributed by atoms with E-state index in [1.54, 1.807) is 36.5 Å². The van der Waals surface area contributed by atoms with Gasteiger partial charge in [-0.2, -0.15) is 5.26 Å². The molecule has 0 unspecified atom stereocenters. The summed E-state index contributed by atoms with van der Waals surface area (Å²) < 4.78 is 0. The zero-order valence-electron chi connectivity index (χ0n) is 9.47. The summed E-state index contributed by atoms with van der Waals surface area (Å²) in [5.41, 5.74) is 2.27. The molecular weight excluding hydrogens is 216 g/mol. The number of carbonyl (C=O) groups is 1. The van der Waals surface area contributed by atoms with Crippen molar-refractivity contribution in [2.24, 2.45) is 0 Å². The fourth-order valence-corrected chi connectivity index (χ4v) is 1.61. The van der Waals surface area contributed by atoms with E-state index in [1.165, 1.54) is 0 Å². The van der Waals surface area contributed by atoms with Crippen molar-refractivity contribution in [2.75, 3.05) is 13.6 Å². The second-order valence-electron chi connectivity index (χ2n) is 3.77. The van der Waals surface area contributed by atoms with Gasteiger partial charge in [-0.1, -0.05) is 0 Å². The number of aromatic nitrogens is 2. The molecule has 0 spiro atoms. The Bertz CT molecular complexity index is 581. The van der Waals surface area contributed by atoms with Crippen molar-refractivity contribution in [3.05, 3.63) is 30.1 Å². The highest BCUT2D eigenvalue weighted by molar-refractivity contribution is 5.97. The lowest BCUT2D eigenvalue weighted by Gasteiger charge is -2.15. The number of nitrogens with one attached hydrogen (secondary N) is 1. The van der Waals surface area contributed by atoms with Gasteiger partial charge in [0.2, 0.25) is 0 Å². The number of fused-ring (bicyclic) bond motifs is 1. The van der Waals surface area contributed by atoms with E-state index < -0.39 is 0 Å². The lowest BCUT2D eigenvalue weighted by Crippen LogP contribution is -2.27. The molecule has 0 saturated heterocycles. The zero-order chi connectivity index (χ0) is 12.3. The summed E-state index contributed by atoms with van der Waals surface area (Å²) in [5.74, 6) is -0.0863. The number of hydrogen-bond acceptors (Lipinski definition) is 3. The van der Waals surface area contributed by atoms with E-state index in [9.17, 15) is 4.79 Å². The molecule has 0 atom stereocenters. The molecule has 0 aliphatic heterocycles. The fourth-order valence-electron chi connectivity index (χ4n) is 1.61. The van der Waals surface area contributed by atoms with Gasteiger partial charge >= 0.3 is 0 Å². The summed E-state index contributed by atoms with van der Waals surface area (Å²) in [6.45, 7) is 0.441. The van der Waals surface area contributed by atoms with Crippen LogP contribution in [0.2, 0.25) is 0 Å². The van der Waals surface area contributed by atoms with Gasteiger partial charge in [-0.15, -0.1) is 0 Å². The molecule has 5 nitrogen and oxygen atoms in total. The molecule has 0 aliphatic rings. The number of aromatic amines is 1. The number of amides is 1. The Morgan fingerprint density at radius 3 is 3.18 bits per heavy atom. The highest BCUT2D eigenvalue weighted by atomic mass is 16.2. The first-order chi connectivity index (χ1) is 8.22. The molecule has 0 fully saturated rings. The van der Waals surface area contributed by atoms with Crippen molar-refractivity contribution < 1.29 is 4.79 Å². The standard InChI is InChI=1S/C12H12N4O/c1-16(6-2-5-13)12(17)9-3-4-10-11(7-9)15-8-14-10/h3-4,7-8H,2,6H2,1H3,(H,14,15). The van der Waals surface area contributed by atoms with Gasteiger partial charge in [0.25, 0.3) is 5.91 Å². The maximum Gasteiger partial charge on any atom is 0.253 e. The third kappa shape index (κ3) is 2.26. The van der Waals surface area contributed by atoms with E-state index in [0.717, 1.165) is 11.0 Å². The van der Waals surface area contributed by atoms with Gasteiger partial charge in [-0.3, -0.25) is 4.79 Å². The molecule has 1 N–H and O–H groups in total. The van der Waals surface area contributed by atoms with Crippen LogP contribution in [0.3, 0.4) is 0 Å². The molecule has 0 bridgehead atoms. The summed E-state index contributed by atoms with van der Waals surface area (Å²) in [6, 6.07) is 7.34. The largest absolute Gasteiger partial charge is 0.345 e. The molecule has 1 aromatic heterocycles. The van der Waals surface area contributed by atoms with Gasteiger partial charge in [-0.05, 0) is 18.2 Å². The number of hydrogen-bond donors (Lipinski definition) is 1. The minimum Gasteiger partial charge on any atom is -0.345 e. The molecule has 2 rings (SSSR count). The summed E-state index contributed by atoms with van der Waals surface area (Å²) in [5, 5.41) is 8.48. The quantitative estimate of drug-likeness (QED) is 0.866. The van der Waals surface area contributed by atoms with Crippen molar-refractivity contribution >= 4 is 16.9 Å². The van der Waals surface area contributed by atoms with Crippen molar-refractivity contribution in [3.63, 3.8) is 0 Å². The molecule has 0 radical (unpaired) electrons. The Balaban J connectivity index is 2.21. The number of nitriles is 1. The van der Waals surface area contributed by atoms with Gasteiger partial charge < -0.3 is 9.88 Å². The van der Waals surface area contributed by atoms with Gasteiger partial charge in [0, 0.05) is 19.2 Å². The van der Waals surface area contributed by atoms with Crippen LogP contribution >= 0.6 is 0 Å². The normalized spacial score (nSPS) is 10.1. The highest BCUT2D eigenvalue weighted by Gasteiger charge is 2.11. The monoisotopic (exact) mass is 228 g/mol. The van der Waals surface area contributed by atoms with Crippen LogP contribution in [-0.4, -0.2) is 34.4 Å². The second-order valence-corrected chi connectivity index (χ2v) is 3.77. The first-order valence-corrected chi connectivity index (χ1v) is 5.28. The van der Waals surface area contributed by atoms with Crippen molar-refractivity contribution in [1.29, 1.82) is 5.26 Å². The minimum atomic E-state index is -0.0863. The maximum atomic E-state index is 12.0. The number of rotatable bonds is 3. The van der Waals surface area contributed by atoms with Gasteiger partial charge in [0.05, 0.1) is 29.9 Å². The van der Waals surface area contributed by atoms with Gasteiger partial charge in [0.15, 0.2) is 0 Å². The Morgan fingerprint density at radius 1 is 1.59 bits per heavy atom. The maximum absolute atomic E-state index is 12.0. The van der Waals surface area contributed by atoms with Crippen LogP contribution in [0.5, 0.6) is 0 Å². The molecule has 17 heavy (non-hydrogen) atoms. The topological polar surface area (TPSA) is 72.8 Å². The van der Waals surface area contributed by atoms with E-state index in [1.807, 2.05) is 6.07 Å². The van der Waals surface area contributed by atoms with Crippen LogP contribution in [-0.2, 0) is 0 Å². The SMILES string of the molecule is CN(CCC#N)C(=O)c1ccc2nc[nH]c2c1. The Kier molecular flexibility index (Phi) is 3.06. The highest BCUT2D eigenvalue weighted by Crippen LogP contribution is 2.13. The lowest BCUT2D eigenvalue weighted by molar-refractivity contribution is 0.0798. The van der Waals surface area contributed by atoms with E-state index in [-0.39, 0.29) is 5.91 Å². The zero-order valence-corrected chi connectivity index (χ0v) is 9.47. The van der Waals surface area contributed by atoms with Crippen LogP contribution in [0.1, 0.15) is 16.8 Å². The van der Waals surface area contributed by atoms with Crippen LogP contribution in [0.25, 0.3) is 11.0 Å². The second kappa shape index (κ2) is 4.66. The number of H-pyrrole nitrogens is 1. The van der Waals surface area contributed by atoms with E-state index in [4.69, 9.17) is 5.26 Å². The number of carbonyl (C=O) groups excluding carboxylic acids is 1. The van der Waals surface area contributed by atoms with Crippen LogP contribution < -0.4 is 0 Å². The third-order valence-corrected chi connectivity index (χ3v) is 2.57. The fraction of sp³-hybridized carbons (Fsp3) is 0.250. The molecule has 5 heteroatoms. The first-order valence-electron chi connectivity index (χ1n) is 5.28. The third-order valence-electron chi connectivity index (χ3n) is 2.57. The molecule has 86 valence electrons. The minimum absolute atomic E-state index is 0.0863. The Hall–Kier alpha value is -2.35. The van der Waals surface area contributed by atoms with Crippen LogP contribution in [0.4, 0.5) is 0 Å². The predicted octanol–water partition coefficient (Wildman–Crippen LogP) is 1.55. The summed E-state index contributed by atoms with van der Waals surface area (Å²) in [7, 11) is 1.69. The average Bonchev–Trinajstić information content (AvgIpc) is 2.81.